The lowest BCUT2D eigenvalue weighted by molar-refractivity contribution is -0.143. The lowest BCUT2D eigenvalue weighted by Crippen LogP contribution is -2.30. The molecular formula is C12H19ClO3. The first-order valence-electron chi connectivity index (χ1n) is 5.99. The largest absolute Gasteiger partial charge is 0.466 e. The van der Waals surface area contributed by atoms with Crippen molar-refractivity contribution in [2.75, 3.05) is 7.11 Å². The molecule has 0 aromatic rings. The predicted molar refractivity (Wildman–Crippen MR) is 61.3 cm³/mol. The zero-order chi connectivity index (χ0) is 11.8. The molecule has 0 N–H and O–H groups in total. The molecule has 16 heavy (non-hydrogen) atoms. The van der Waals surface area contributed by atoms with E-state index in [1.165, 1.54) is 39.2 Å². The molecular weight excluding hydrogens is 228 g/mol. The summed E-state index contributed by atoms with van der Waals surface area (Å²) in [4.78, 5) is 11.5. The van der Waals surface area contributed by atoms with Crippen molar-refractivity contribution in [3.63, 3.8) is 0 Å². The highest BCUT2D eigenvalue weighted by atomic mass is 35.5. The van der Waals surface area contributed by atoms with E-state index < -0.39 is 16.6 Å². The van der Waals surface area contributed by atoms with Crippen LogP contribution in [0.5, 0.6) is 0 Å². The number of ether oxygens (including phenoxy) is 2. The van der Waals surface area contributed by atoms with Crippen molar-refractivity contribution in [2.45, 2.75) is 56.1 Å². The molecule has 2 unspecified atom stereocenters. The van der Waals surface area contributed by atoms with E-state index in [1.807, 2.05) is 6.92 Å². The number of methoxy groups -OCH3 is 1. The molecule has 1 aliphatic carbocycles. The van der Waals surface area contributed by atoms with Gasteiger partial charge in [0, 0.05) is 0 Å². The smallest absolute Gasteiger partial charge is 0.357 e. The third-order valence-electron chi connectivity index (χ3n) is 3.86. The summed E-state index contributed by atoms with van der Waals surface area (Å²) < 4.78 is 10.1. The van der Waals surface area contributed by atoms with Crippen molar-refractivity contribution >= 4 is 17.6 Å². The van der Waals surface area contributed by atoms with Crippen LogP contribution in [0, 0.1) is 5.92 Å². The Kier molecular flexibility index (Phi) is 3.19. The predicted octanol–water partition coefficient (Wildman–Crippen LogP) is 2.85. The maximum absolute atomic E-state index is 11.5. The molecule has 2 aliphatic rings. The summed E-state index contributed by atoms with van der Waals surface area (Å²) in [5.74, 6) is 0.177. The average molecular weight is 247 g/mol. The van der Waals surface area contributed by atoms with E-state index >= 15 is 0 Å². The second-order valence-electron chi connectivity index (χ2n) is 5.13. The number of carbonyl (C=O) groups is 1. The number of esters is 1. The molecule has 1 saturated heterocycles. The molecule has 1 saturated carbocycles. The van der Waals surface area contributed by atoms with Gasteiger partial charge in [-0.1, -0.05) is 43.7 Å². The molecule has 1 heterocycles. The van der Waals surface area contributed by atoms with Gasteiger partial charge in [-0.3, -0.25) is 0 Å². The molecule has 4 heteroatoms. The number of hydrogen-bond acceptors (Lipinski definition) is 3. The Morgan fingerprint density at radius 2 is 2.06 bits per heavy atom. The molecule has 0 bridgehead atoms. The van der Waals surface area contributed by atoms with Crippen molar-refractivity contribution in [3.8, 4) is 0 Å². The van der Waals surface area contributed by atoms with Crippen LogP contribution >= 0.6 is 11.6 Å². The Balaban J connectivity index is 1.93. The van der Waals surface area contributed by atoms with E-state index in [1.54, 1.807) is 0 Å². The van der Waals surface area contributed by atoms with Crippen molar-refractivity contribution in [3.05, 3.63) is 0 Å². The van der Waals surface area contributed by atoms with Gasteiger partial charge >= 0.3 is 5.97 Å². The minimum Gasteiger partial charge on any atom is -0.466 e. The Morgan fingerprint density at radius 3 is 2.62 bits per heavy atom. The summed E-state index contributed by atoms with van der Waals surface area (Å²) in [5, 5.41) is -1.22. The highest BCUT2D eigenvalue weighted by Crippen LogP contribution is 2.56. The molecule has 0 amide bonds. The number of rotatable bonds is 3. The van der Waals surface area contributed by atoms with Gasteiger partial charge in [0.15, 0.2) is 0 Å². The number of alkyl halides is 1. The summed E-state index contributed by atoms with van der Waals surface area (Å²) in [6.07, 6.45) is 7.23. The summed E-state index contributed by atoms with van der Waals surface area (Å²) in [5.41, 5.74) is -0.524. The van der Waals surface area contributed by atoms with Crippen LogP contribution in [-0.2, 0) is 14.3 Å². The van der Waals surface area contributed by atoms with E-state index in [0.717, 1.165) is 6.42 Å². The van der Waals surface area contributed by atoms with E-state index in [9.17, 15) is 4.79 Å². The lowest BCUT2D eigenvalue weighted by atomic mass is 9.82. The molecule has 0 aromatic heterocycles. The van der Waals surface area contributed by atoms with Crippen LogP contribution in [0.2, 0.25) is 0 Å². The van der Waals surface area contributed by atoms with Gasteiger partial charge in [0.05, 0.1) is 7.11 Å². The van der Waals surface area contributed by atoms with E-state index in [2.05, 4.69) is 4.74 Å². The number of halogens is 1. The molecule has 92 valence electrons. The van der Waals surface area contributed by atoms with Crippen molar-refractivity contribution in [1.29, 1.82) is 0 Å². The number of hydrogen-bond donors (Lipinski definition) is 0. The summed E-state index contributed by atoms with van der Waals surface area (Å²) in [7, 11) is 1.34. The first-order chi connectivity index (χ1) is 7.52. The minimum absolute atomic E-state index is 0.465. The molecule has 0 radical (unpaired) electrons. The summed E-state index contributed by atoms with van der Waals surface area (Å²) >= 11 is 6.12. The van der Waals surface area contributed by atoms with Crippen LogP contribution in [0.25, 0.3) is 0 Å². The van der Waals surface area contributed by atoms with E-state index in [0.29, 0.717) is 5.92 Å². The number of epoxide rings is 1. The van der Waals surface area contributed by atoms with E-state index in [4.69, 9.17) is 16.3 Å². The van der Waals surface area contributed by atoms with Gasteiger partial charge in [-0.25, -0.2) is 4.79 Å². The van der Waals surface area contributed by atoms with Crippen molar-refractivity contribution in [2.24, 2.45) is 5.92 Å². The van der Waals surface area contributed by atoms with Crippen LogP contribution in [-0.4, -0.2) is 23.7 Å². The van der Waals surface area contributed by atoms with Crippen LogP contribution in [0.15, 0.2) is 0 Å². The molecule has 0 spiro atoms. The van der Waals surface area contributed by atoms with Gasteiger partial charge in [0.25, 0.3) is 5.06 Å². The second-order valence-corrected chi connectivity index (χ2v) is 5.66. The Bertz CT molecular complexity index is 288. The van der Waals surface area contributed by atoms with Crippen LogP contribution in [0.3, 0.4) is 0 Å². The summed E-state index contributed by atoms with van der Waals surface area (Å²) in [6, 6.07) is 0. The minimum atomic E-state index is -1.22. The van der Waals surface area contributed by atoms with Crippen LogP contribution in [0.4, 0.5) is 0 Å². The van der Waals surface area contributed by atoms with Crippen LogP contribution < -0.4 is 0 Å². The SMILES string of the molecule is COC(=O)C1(Cl)OC1(C)CC1CCCCC1. The standard InChI is InChI=1S/C12H19ClO3/c1-11(8-9-6-4-3-5-7-9)12(13,16-11)10(14)15-2/h9H,3-8H2,1-2H3. The van der Waals surface area contributed by atoms with Gasteiger partial charge in [0.1, 0.15) is 5.60 Å². The first-order valence-corrected chi connectivity index (χ1v) is 6.37. The Labute approximate surface area is 101 Å². The zero-order valence-electron chi connectivity index (χ0n) is 9.92. The summed E-state index contributed by atoms with van der Waals surface area (Å²) in [6.45, 7) is 1.91. The van der Waals surface area contributed by atoms with Gasteiger partial charge in [-0.15, -0.1) is 0 Å². The molecule has 0 aromatic carbocycles. The molecule has 2 atom stereocenters. The molecule has 3 nitrogen and oxygen atoms in total. The fourth-order valence-corrected chi connectivity index (χ4v) is 3.11. The molecule has 2 fully saturated rings. The monoisotopic (exact) mass is 246 g/mol. The maximum Gasteiger partial charge on any atom is 0.357 e. The topological polar surface area (TPSA) is 38.8 Å². The Hall–Kier alpha value is -0.280. The third-order valence-corrected chi connectivity index (χ3v) is 4.49. The van der Waals surface area contributed by atoms with Crippen molar-refractivity contribution < 1.29 is 14.3 Å². The van der Waals surface area contributed by atoms with Gasteiger partial charge in [-0.2, -0.15) is 0 Å². The molecule has 2 rings (SSSR count). The second kappa shape index (κ2) is 4.19. The van der Waals surface area contributed by atoms with Gasteiger partial charge < -0.3 is 9.47 Å². The normalized spacial score (nSPS) is 39.4. The van der Waals surface area contributed by atoms with E-state index in [-0.39, 0.29) is 0 Å². The number of carbonyl (C=O) groups excluding carboxylic acids is 1. The first kappa shape index (κ1) is 12.2. The third kappa shape index (κ3) is 1.95. The Morgan fingerprint density at radius 1 is 1.44 bits per heavy atom. The maximum atomic E-state index is 11.5. The van der Waals surface area contributed by atoms with Crippen molar-refractivity contribution in [1.82, 2.24) is 0 Å². The molecule has 1 aliphatic heterocycles. The zero-order valence-corrected chi connectivity index (χ0v) is 10.7. The highest BCUT2D eigenvalue weighted by molar-refractivity contribution is 6.35. The lowest BCUT2D eigenvalue weighted by Gasteiger charge is -2.23. The van der Waals surface area contributed by atoms with Gasteiger partial charge in [-0.05, 0) is 19.3 Å². The fraction of sp³-hybridized carbons (Fsp3) is 0.917. The van der Waals surface area contributed by atoms with Crippen LogP contribution in [0.1, 0.15) is 45.4 Å². The van der Waals surface area contributed by atoms with Gasteiger partial charge in [0.2, 0.25) is 0 Å². The highest BCUT2D eigenvalue weighted by Gasteiger charge is 2.72. The fourth-order valence-electron chi connectivity index (χ4n) is 2.79. The quantitative estimate of drug-likeness (QED) is 0.437. The average Bonchev–Trinajstić information content (AvgIpc) is 2.82.